The highest BCUT2D eigenvalue weighted by atomic mass is 32.1. The zero-order valence-electron chi connectivity index (χ0n) is 16.1. The summed E-state index contributed by atoms with van der Waals surface area (Å²) in [4.78, 5) is 28.4. The third-order valence-electron chi connectivity index (χ3n) is 4.41. The molecule has 1 aliphatic heterocycles. The van der Waals surface area contributed by atoms with Crippen molar-refractivity contribution < 1.29 is 38.8 Å². The molecule has 0 amide bonds. The highest BCUT2D eigenvalue weighted by molar-refractivity contribution is 7.71. The molecule has 3 rings (SSSR count). The summed E-state index contributed by atoms with van der Waals surface area (Å²) in [5, 5.41) is 29.8. The molecule has 2 aromatic rings. The van der Waals surface area contributed by atoms with E-state index in [1.54, 1.807) is 6.92 Å². The van der Waals surface area contributed by atoms with Gasteiger partial charge in [0.2, 0.25) is 0 Å². The number of nitrogens with one attached hydrogen (secondary N) is 1. The van der Waals surface area contributed by atoms with Gasteiger partial charge in [-0.2, -0.15) is 4.89 Å². The summed E-state index contributed by atoms with van der Waals surface area (Å²) < 4.78 is 17.1. The lowest BCUT2D eigenvalue weighted by atomic mass is 10.1. The molecule has 5 N–H and O–H groups in total. The van der Waals surface area contributed by atoms with Crippen LogP contribution in [-0.4, -0.2) is 42.0 Å². The van der Waals surface area contributed by atoms with E-state index in [0.717, 1.165) is 5.56 Å². The van der Waals surface area contributed by atoms with Crippen LogP contribution in [0.4, 0.5) is 0 Å². The maximum Gasteiger partial charge on any atom is 0.625 e. The number of H-pyrrole nitrogens is 1. The molecule has 0 saturated heterocycles. The molecule has 2 unspecified atom stereocenters. The van der Waals surface area contributed by atoms with Crippen molar-refractivity contribution in [3.05, 3.63) is 56.2 Å². The molecule has 11 nitrogen and oxygen atoms in total. The summed E-state index contributed by atoms with van der Waals surface area (Å²) in [5.74, 6) is -2.85. The third kappa shape index (κ3) is 5.11. The third-order valence-corrected chi connectivity index (χ3v) is 6.12. The van der Waals surface area contributed by atoms with E-state index in [9.17, 15) is 19.9 Å². The van der Waals surface area contributed by atoms with Gasteiger partial charge in [0.15, 0.2) is 16.6 Å². The molecule has 0 radical (unpaired) electrons. The van der Waals surface area contributed by atoms with E-state index in [4.69, 9.17) is 31.0 Å². The van der Waals surface area contributed by atoms with Crippen LogP contribution in [0.1, 0.15) is 23.1 Å². The van der Waals surface area contributed by atoms with E-state index in [1.807, 2.05) is 19.1 Å². The molecular weight excluding hydrogens is 439 g/mol. The Morgan fingerprint density at radius 3 is 2.80 bits per heavy atom. The summed E-state index contributed by atoms with van der Waals surface area (Å²) in [6.07, 6.45) is -0.565. The molecule has 0 spiro atoms. The summed E-state index contributed by atoms with van der Waals surface area (Å²) in [5.41, 5.74) is 1.96. The van der Waals surface area contributed by atoms with Gasteiger partial charge in [-0.1, -0.05) is 16.2 Å². The molecule has 2 heterocycles. The zero-order valence-corrected chi connectivity index (χ0v) is 17.9. The number of hydrogen-bond donors (Lipinski definition) is 5. The lowest BCUT2D eigenvalue weighted by Gasteiger charge is -2.30. The summed E-state index contributed by atoms with van der Waals surface area (Å²) in [6, 6.07) is 4.86. The van der Waals surface area contributed by atoms with Gasteiger partial charge < -0.3 is 14.8 Å². The lowest BCUT2D eigenvalue weighted by Crippen LogP contribution is -2.47. The van der Waals surface area contributed by atoms with Gasteiger partial charge in [0.05, 0.1) is 0 Å². The molecule has 30 heavy (non-hydrogen) atoms. The van der Waals surface area contributed by atoms with Crippen molar-refractivity contribution in [2.45, 2.75) is 45.5 Å². The second kappa shape index (κ2) is 8.79. The fourth-order valence-corrected chi connectivity index (χ4v) is 4.68. The van der Waals surface area contributed by atoms with Gasteiger partial charge in [0, 0.05) is 30.8 Å². The molecule has 0 aliphatic carbocycles. The SMILES string of the molecule is Cc1cc(C)c2c(c1)CO[P+](O)(OC(O)(O)C(CCn1ccc(=O)[nH]c1=S)OO)O2. The summed E-state index contributed by atoms with van der Waals surface area (Å²) >= 11 is 5.00. The van der Waals surface area contributed by atoms with Crippen molar-refractivity contribution in [3.8, 4) is 5.75 Å². The Morgan fingerprint density at radius 2 is 2.13 bits per heavy atom. The number of aromatic amines is 1. The molecule has 1 aromatic carbocycles. The average Bonchev–Trinajstić information content (AvgIpc) is 2.63. The molecule has 13 heteroatoms. The van der Waals surface area contributed by atoms with Crippen LogP contribution in [0.5, 0.6) is 5.75 Å². The van der Waals surface area contributed by atoms with Crippen molar-refractivity contribution in [1.82, 2.24) is 9.55 Å². The monoisotopic (exact) mass is 461 g/mol. The first-order valence-corrected chi connectivity index (χ1v) is 10.7. The van der Waals surface area contributed by atoms with Crippen LogP contribution in [0.25, 0.3) is 0 Å². The largest absolute Gasteiger partial charge is 0.625 e. The number of aromatic nitrogens is 2. The zero-order chi connectivity index (χ0) is 22.1. The van der Waals surface area contributed by atoms with Crippen LogP contribution < -0.4 is 10.1 Å². The van der Waals surface area contributed by atoms with Crippen molar-refractivity contribution >= 4 is 20.4 Å². The van der Waals surface area contributed by atoms with Crippen molar-refractivity contribution in [3.63, 3.8) is 0 Å². The molecule has 0 bridgehead atoms. The topological polar surface area (TPSA) is 156 Å². The van der Waals surface area contributed by atoms with Gasteiger partial charge in [0.1, 0.15) is 6.61 Å². The van der Waals surface area contributed by atoms with Crippen molar-refractivity contribution in [1.29, 1.82) is 0 Å². The molecule has 0 fully saturated rings. The van der Waals surface area contributed by atoms with E-state index in [1.165, 1.54) is 16.8 Å². The molecule has 1 aromatic heterocycles. The van der Waals surface area contributed by atoms with Crippen LogP contribution in [0.3, 0.4) is 0 Å². The van der Waals surface area contributed by atoms with E-state index < -0.39 is 25.8 Å². The quantitative estimate of drug-likeness (QED) is 0.135. The van der Waals surface area contributed by atoms with Crippen LogP contribution >= 0.6 is 20.4 Å². The minimum Gasteiger partial charge on any atom is -0.339 e. The van der Waals surface area contributed by atoms with Gasteiger partial charge in [-0.3, -0.25) is 19.6 Å². The minimum atomic E-state index is -4.20. The smallest absolute Gasteiger partial charge is 0.339 e. The van der Waals surface area contributed by atoms with Gasteiger partial charge in [-0.05, 0) is 37.7 Å². The molecule has 164 valence electrons. The van der Waals surface area contributed by atoms with Gasteiger partial charge in [-0.15, -0.1) is 4.52 Å². The second-order valence-electron chi connectivity index (χ2n) is 6.84. The number of benzene rings is 1. The molecule has 2 atom stereocenters. The Morgan fingerprint density at radius 1 is 1.40 bits per heavy atom. The normalized spacial score (nSPS) is 19.8. The number of fused-ring (bicyclic) bond motifs is 1. The highest BCUT2D eigenvalue weighted by Crippen LogP contribution is 2.64. The number of aliphatic hydroxyl groups is 2. The van der Waals surface area contributed by atoms with Crippen LogP contribution in [-0.2, 0) is 27.1 Å². The van der Waals surface area contributed by atoms with Crippen molar-refractivity contribution in [2.75, 3.05) is 0 Å². The van der Waals surface area contributed by atoms with Crippen LogP contribution in [0, 0.1) is 18.6 Å². The first kappa shape index (κ1) is 22.9. The van der Waals surface area contributed by atoms with E-state index in [2.05, 4.69) is 9.87 Å². The first-order chi connectivity index (χ1) is 14.0. The maximum absolute atomic E-state index is 11.2. The molecule has 1 aliphatic rings. The standard InChI is InChI=1S/C17H21N2O9PS/c1-10-7-11(2)15-12(8-10)9-25-29(24,27-15)28-17(21,22)13(26-23)3-5-19-6-4-14(20)18-16(19)30/h4,6-8,13,21-22,24H,3,5,9H2,1-2H3,(H-,18,20,23,30)/p+1. The maximum atomic E-state index is 11.2. The lowest BCUT2D eigenvalue weighted by molar-refractivity contribution is -0.415. The Balaban J connectivity index is 1.73. The fraction of sp³-hybridized carbons (Fsp3) is 0.412. The Hall–Kier alpha value is -1.73. The Labute approximate surface area is 176 Å². The van der Waals surface area contributed by atoms with Crippen molar-refractivity contribution in [2.24, 2.45) is 0 Å². The van der Waals surface area contributed by atoms with E-state index >= 15 is 0 Å². The van der Waals surface area contributed by atoms with E-state index in [0.29, 0.717) is 16.9 Å². The van der Waals surface area contributed by atoms with Gasteiger partial charge >= 0.3 is 14.1 Å². The second-order valence-corrected chi connectivity index (χ2v) is 8.79. The molecule has 0 saturated carbocycles. The van der Waals surface area contributed by atoms with Gasteiger partial charge in [-0.25, -0.2) is 4.89 Å². The van der Waals surface area contributed by atoms with Gasteiger partial charge in [0.25, 0.3) is 5.56 Å². The summed E-state index contributed by atoms with van der Waals surface area (Å²) in [7, 11) is -4.20. The van der Waals surface area contributed by atoms with E-state index in [-0.39, 0.29) is 24.3 Å². The Bertz CT molecular complexity index is 1040. The fourth-order valence-electron chi connectivity index (χ4n) is 3.03. The number of rotatable bonds is 7. The Kier molecular flexibility index (Phi) is 6.72. The van der Waals surface area contributed by atoms with Crippen LogP contribution in [0.15, 0.2) is 29.2 Å². The first-order valence-electron chi connectivity index (χ1n) is 8.84. The number of aryl methyl sites for hydroxylation is 3. The number of hydrogen-bond acceptors (Lipinski definition) is 10. The average molecular weight is 461 g/mol. The minimum absolute atomic E-state index is 0.0207. The predicted molar refractivity (Wildman–Crippen MR) is 107 cm³/mol. The predicted octanol–water partition coefficient (Wildman–Crippen LogP) is 1.71. The number of nitrogens with zero attached hydrogens (tertiary/aromatic N) is 1. The van der Waals surface area contributed by atoms with Crippen LogP contribution in [0.2, 0.25) is 0 Å². The highest BCUT2D eigenvalue weighted by Gasteiger charge is 2.59. The summed E-state index contributed by atoms with van der Waals surface area (Å²) in [6.45, 7) is 3.60. The molecular formula is C17H22N2O9PS+.